The van der Waals surface area contributed by atoms with Crippen LogP contribution in [-0.4, -0.2) is 27.5 Å². The maximum Gasteiger partial charge on any atom is 0.287 e. The summed E-state index contributed by atoms with van der Waals surface area (Å²) in [5.74, 6) is 3.01. The van der Waals surface area contributed by atoms with Crippen LogP contribution in [0, 0.1) is 17.0 Å². The highest BCUT2D eigenvalue weighted by Gasteiger charge is 2.17. The number of aromatic nitrogens is 1. The molecule has 2 rings (SSSR count). The van der Waals surface area contributed by atoms with Crippen molar-refractivity contribution in [1.29, 1.82) is 0 Å². The van der Waals surface area contributed by atoms with E-state index in [0.717, 1.165) is 23.6 Å². The highest BCUT2D eigenvalue weighted by atomic mass is 32.2. The Morgan fingerprint density at radius 1 is 1.69 bits per heavy atom. The Morgan fingerprint density at radius 3 is 3.06 bits per heavy atom. The summed E-state index contributed by atoms with van der Waals surface area (Å²) in [6.45, 7) is 1.84. The summed E-state index contributed by atoms with van der Waals surface area (Å²) in [6, 6.07) is 2.00. The van der Waals surface area contributed by atoms with Gasteiger partial charge in [0.2, 0.25) is 0 Å². The predicted molar refractivity (Wildman–Crippen MR) is 65.0 cm³/mol. The molecule has 86 valence electrons. The lowest BCUT2D eigenvalue weighted by Crippen LogP contribution is -2.19. The van der Waals surface area contributed by atoms with Crippen LogP contribution < -0.4 is 5.32 Å². The van der Waals surface area contributed by atoms with E-state index in [9.17, 15) is 10.1 Å². The fraction of sp³-hybridized carbons (Fsp3) is 0.500. The second-order valence-electron chi connectivity index (χ2n) is 3.82. The third-order valence-electron chi connectivity index (χ3n) is 2.55. The van der Waals surface area contributed by atoms with E-state index in [1.807, 2.05) is 18.7 Å². The van der Waals surface area contributed by atoms with E-state index in [1.165, 1.54) is 11.9 Å². The van der Waals surface area contributed by atoms with E-state index in [2.05, 4.69) is 10.3 Å². The Morgan fingerprint density at radius 2 is 2.50 bits per heavy atom. The SMILES string of the molecule is Cc1cc([N+](=O)[O-])cnc1NC1CCSC1. The molecule has 5 nitrogen and oxygen atoms in total. The summed E-state index contributed by atoms with van der Waals surface area (Å²) in [5, 5.41) is 13.9. The Hall–Kier alpha value is -1.30. The lowest BCUT2D eigenvalue weighted by Gasteiger charge is -2.13. The molecule has 1 atom stereocenters. The fourth-order valence-electron chi connectivity index (χ4n) is 1.65. The molecule has 6 heteroatoms. The minimum absolute atomic E-state index is 0.0452. The van der Waals surface area contributed by atoms with Gasteiger partial charge in [-0.05, 0) is 24.7 Å². The van der Waals surface area contributed by atoms with Gasteiger partial charge in [-0.2, -0.15) is 11.8 Å². The smallest absolute Gasteiger partial charge is 0.287 e. The van der Waals surface area contributed by atoms with Gasteiger partial charge < -0.3 is 5.32 Å². The molecule has 0 radical (unpaired) electrons. The van der Waals surface area contributed by atoms with Crippen molar-refractivity contribution in [2.24, 2.45) is 0 Å². The average molecular weight is 239 g/mol. The van der Waals surface area contributed by atoms with E-state index in [4.69, 9.17) is 0 Å². The molecule has 1 aromatic heterocycles. The zero-order valence-electron chi connectivity index (χ0n) is 8.97. The molecule has 1 N–H and O–H groups in total. The van der Waals surface area contributed by atoms with Crippen LogP contribution in [-0.2, 0) is 0 Å². The number of hydrogen-bond acceptors (Lipinski definition) is 5. The van der Waals surface area contributed by atoms with E-state index in [-0.39, 0.29) is 5.69 Å². The minimum Gasteiger partial charge on any atom is -0.366 e. The summed E-state index contributed by atoms with van der Waals surface area (Å²) in [4.78, 5) is 14.2. The molecule has 0 saturated carbocycles. The van der Waals surface area contributed by atoms with Gasteiger partial charge in [-0.1, -0.05) is 0 Å². The topological polar surface area (TPSA) is 68.1 Å². The number of pyridine rings is 1. The van der Waals surface area contributed by atoms with Gasteiger partial charge in [0.1, 0.15) is 12.0 Å². The van der Waals surface area contributed by atoms with Crippen molar-refractivity contribution in [2.75, 3.05) is 16.8 Å². The first-order valence-electron chi connectivity index (χ1n) is 5.12. The molecule has 0 aliphatic carbocycles. The second kappa shape index (κ2) is 4.69. The van der Waals surface area contributed by atoms with Gasteiger partial charge >= 0.3 is 0 Å². The number of hydrogen-bond donors (Lipinski definition) is 1. The van der Waals surface area contributed by atoms with E-state index in [0.29, 0.717) is 6.04 Å². The first-order chi connectivity index (χ1) is 7.66. The number of thioether (sulfide) groups is 1. The number of aryl methyl sites for hydroxylation is 1. The first kappa shape index (κ1) is 11.2. The zero-order chi connectivity index (χ0) is 11.5. The lowest BCUT2D eigenvalue weighted by atomic mass is 10.2. The van der Waals surface area contributed by atoms with Crippen molar-refractivity contribution < 1.29 is 4.92 Å². The van der Waals surface area contributed by atoms with Crippen LogP contribution in [0.15, 0.2) is 12.3 Å². The van der Waals surface area contributed by atoms with Gasteiger partial charge in [0.05, 0.1) is 4.92 Å². The van der Waals surface area contributed by atoms with Crippen LogP contribution in [0.4, 0.5) is 11.5 Å². The maximum absolute atomic E-state index is 10.6. The normalized spacial score (nSPS) is 19.7. The fourth-order valence-corrected chi connectivity index (χ4v) is 2.80. The molecule has 0 amide bonds. The Labute approximate surface area is 97.8 Å². The maximum atomic E-state index is 10.6. The number of nitro groups is 1. The summed E-state index contributed by atoms with van der Waals surface area (Å²) in [7, 11) is 0. The molecule has 1 saturated heterocycles. The Bertz CT molecular complexity index is 405. The summed E-state index contributed by atoms with van der Waals surface area (Å²) in [5.41, 5.74) is 0.870. The molecular formula is C10H13N3O2S. The predicted octanol–water partition coefficient (Wildman–Crippen LogP) is 2.22. The van der Waals surface area contributed by atoms with Crippen molar-refractivity contribution in [2.45, 2.75) is 19.4 Å². The van der Waals surface area contributed by atoms with Crippen molar-refractivity contribution >= 4 is 23.3 Å². The molecular weight excluding hydrogens is 226 g/mol. The number of nitrogens with zero attached hydrogens (tertiary/aromatic N) is 2. The third kappa shape index (κ3) is 2.44. The quantitative estimate of drug-likeness (QED) is 0.647. The summed E-state index contributed by atoms with van der Waals surface area (Å²) in [6.07, 6.45) is 2.43. The lowest BCUT2D eigenvalue weighted by molar-refractivity contribution is -0.385. The monoisotopic (exact) mass is 239 g/mol. The van der Waals surface area contributed by atoms with Crippen molar-refractivity contribution in [3.8, 4) is 0 Å². The molecule has 0 bridgehead atoms. The van der Waals surface area contributed by atoms with Crippen LogP contribution >= 0.6 is 11.8 Å². The Balaban J connectivity index is 2.12. The zero-order valence-corrected chi connectivity index (χ0v) is 9.79. The molecule has 16 heavy (non-hydrogen) atoms. The largest absolute Gasteiger partial charge is 0.366 e. The van der Waals surface area contributed by atoms with E-state index in [1.54, 1.807) is 6.07 Å². The average Bonchev–Trinajstić information content (AvgIpc) is 2.73. The molecule has 0 spiro atoms. The van der Waals surface area contributed by atoms with Crippen molar-refractivity contribution in [3.05, 3.63) is 27.9 Å². The van der Waals surface area contributed by atoms with Crippen molar-refractivity contribution in [1.82, 2.24) is 4.98 Å². The summed E-state index contributed by atoms with van der Waals surface area (Å²) < 4.78 is 0. The molecule has 1 aromatic rings. The Kier molecular flexibility index (Phi) is 3.28. The number of anilines is 1. The number of rotatable bonds is 3. The molecule has 0 aromatic carbocycles. The van der Waals surface area contributed by atoms with Crippen LogP contribution in [0.25, 0.3) is 0 Å². The van der Waals surface area contributed by atoms with Crippen LogP contribution in [0.3, 0.4) is 0 Å². The molecule has 1 fully saturated rings. The summed E-state index contributed by atoms with van der Waals surface area (Å²) >= 11 is 1.92. The second-order valence-corrected chi connectivity index (χ2v) is 4.97. The van der Waals surface area contributed by atoms with Gasteiger partial charge in [0, 0.05) is 17.9 Å². The third-order valence-corrected chi connectivity index (χ3v) is 3.71. The molecule has 2 heterocycles. The highest BCUT2D eigenvalue weighted by molar-refractivity contribution is 7.99. The van der Waals surface area contributed by atoms with Crippen molar-refractivity contribution in [3.63, 3.8) is 0 Å². The van der Waals surface area contributed by atoms with Gasteiger partial charge in [0.15, 0.2) is 0 Å². The standard InChI is InChI=1S/C10H13N3O2S/c1-7-4-9(13(14)15)5-11-10(7)12-8-2-3-16-6-8/h4-5,8H,2-3,6H2,1H3,(H,11,12). The van der Waals surface area contributed by atoms with Gasteiger partial charge in [0.25, 0.3) is 5.69 Å². The molecule has 1 aliphatic heterocycles. The van der Waals surface area contributed by atoms with Crippen LogP contribution in [0.1, 0.15) is 12.0 Å². The highest BCUT2D eigenvalue weighted by Crippen LogP contribution is 2.23. The van der Waals surface area contributed by atoms with Crippen LogP contribution in [0.2, 0.25) is 0 Å². The molecule has 1 aliphatic rings. The van der Waals surface area contributed by atoms with Gasteiger partial charge in [-0.15, -0.1) is 0 Å². The first-order valence-corrected chi connectivity index (χ1v) is 6.27. The van der Waals surface area contributed by atoms with E-state index < -0.39 is 4.92 Å². The van der Waals surface area contributed by atoms with Crippen LogP contribution in [0.5, 0.6) is 0 Å². The minimum atomic E-state index is -0.421. The van der Waals surface area contributed by atoms with E-state index >= 15 is 0 Å². The molecule has 1 unspecified atom stereocenters. The number of nitrogens with one attached hydrogen (secondary N) is 1. The van der Waals surface area contributed by atoms with Gasteiger partial charge in [-0.25, -0.2) is 4.98 Å². The van der Waals surface area contributed by atoms with Gasteiger partial charge in [-0.3, -0.25) is 10.1 Å².